The first-order chi connectivity index (χ1) is 13.8. The Balaban J connectivity index is 2.18. The highest BCUT2D eigenvalue weighted by Crippen LogP contribution is 2.34. The number of halogens is 1. The zero-order valence-electron chi connectivity index (χ0n) is 17.2. The third kappa shape index (κ3) is 4.31. The number of aromatic nitrogens is 1. The SMILES string of the molecule is COc1ccc(-c2cc(C(=O)NC(C)C(C)C)c3cc(F)ccc3n2)c(OC)c1. The molecule has 1 amide bonds. The van der Waals surface area contributed by atoms with Crippen molar-refractivity contribution in [2.24, 2.45) is 5.92 Å². The van der Waals surface area contributed by atoms with Gasteiger partial charge in [0.15, 0.2) is 0 Å². The number of ether oxygens (including phenoxy) is 2. The normalized spacial score (nSPS) is 12.1. The van der Waals surface area contributed by atoms with Crippen LogP contribution in [0, 0.1) is 11.7 Å². The summed E-state index contributed by atoms with van der Waals surface area (Å²) in [5.41, 5.74) is 2.18. The van der Waals surface area contributed by atoms with Crippen molar-refractivity contribution in [3.8, 4) is 22.8 Å². The van der Waals surface area contributed by atoms with Crippen LogP contribution in [0.5, 0.6) is 11.5 Å². The maximum Gasteiger partial charge on any atom is 0.252 e. The molecule has 0 fully saturated rings. The van der Waals surface area contributed by atoms with Crippen molar-refractivity contribution in [3.63, 3.8) is 0 Å². The van der Waals surface area contributed by atoms with E-state index in [1.54, 1.807) is 38.5 Å². The van der Waals surface area contributed by atoms with Gasteiger partial charge in [-0.25, -0.2) is 9.37 Å². The molecule has 0 spiro atoms. The molecule has 29 heavy (non-hydrogen) atoms. The van der Waals surface area contributed by atoms with E-state index in [1.807, 2.05) is 26.8 Å². The number of fused-ring (bicyclic) bond motifs is 1. The average Bonchev–Trinajstić information content (AvgIpc) is 2.72. The van der Waals surface area contributed by atoms with E-state index < -0.39 is 5.82 Å². The molecule has 6 heteroatoms. The van der Waals surface area contributed by atoms with Gasteiger partial charge in [0, 0.05) is 23.1 Å². The monoisotopic (exact) mass is 396 g/mol. The zero-order chi connectivity index (χ0) is 21.1. The summed E-state index contributed by atoms with van der Waals surface area (Å²) in [5.74, 6) is 0.806. The van der Waals surface area contributed by atoms with Crippen LogP contribution in [0.4, 0.5) is 4.39 Å². The standard InChI is InChI=1S/C23H25FN2O3/c1-13(2)14(3)25-23(27)19-12-21(26-20-9-6-15(24)10-18(19)20)17-8-7-16(28-4)11-22(17)29-5/h6-14H,1-5H3,(H,25,27). The average molecular weight is 396 g/mol. The first-order valence-corrected chi connectivity index (χ1v) is 9.47. The fraction of sp³-hybridized carbons (Fsp3) is 0.304. The van der Waals surface area contributed by atoms with Crippen LogP contribution in [0.3, 0.4) is 0 Å². The van der Waals surface area contributed by atoms with Crippen LogP contribution in [0.25, 0.3) is 22.2 Å². The highest BCUT2D eigenvalue weighted by Gasteiger charge is 2.19. The second-order valence-electron chi connectivity index (χ2n) is 7.29. The number of nitrogens with zero attached hydrogens (tertiary/aromatic N) is 1. The number of pyridine rings is 1. The van der Waals surface area contributed by atoms with Crippen LogP contribution in [0.1, 0.15) is 31.1 Å². The summed E-state index contributed by atoms with van der Waals surface area (Å²) in [6.45, 7) is 6.01. The van der Waals surface area contributed by atoms with Crippen LogP contribution >= 0.6 is 0 Å². The Bertz CT molecular complexity index is 1050. The van der Waals surface area contributed by atoms with Crippen LogP contribution in [0.2, 0.25) is 0 Å². The highest BCUT2D eigenvalue weighted by atomic mass is 19.1. The van der Waals surface area contributed by atoms with Gasteiger partial charge in [-0.15, -0.1) is 0 Å². The van der Waals surface area contributed by atoms with E-state index in [4.69, 9.17) is 9.47 Å². The number of hydrogen-bond donors (Lipinski definition) is 1. The smallest absolute Gasteiger partial charge is 0.252 e. The highest BCUT2D eigenvalue weighted by molar-refractivity contribution is 6.07. The first kappa shape index (κ1) is 20.6. The van der Waals surface area contributed by atoms with Crippen molar-refractivity contribution in [2.45, 2.75) is 26.8 Å². The fourth-order valence-electron chi connectivity index (χ4n) is 2.99. The summed E-state index contributed by atoms with van der Waals surface area (Å²) in [4.78, 5) is 17.7. The maximum absolute atomic E-state index is 13.9. The Morgan fingerprint density at radius 3 is 2.45 bits per heavy atom. The topological polar surface area (TPSA) is 60.5 Å². The van der Waals surface area contributed by atoms with Crippen molar-refractivity contribution >= 4 is 16.8 Å². The summed E-state index contributed by atoms with van der Waals surface area (Å²) in [6.07, 6.45) is 0. The van der Waals surface area contributed by atoms with Gasteiger partial charge in [-0.1, -0.05) is 13.8 Å². The van der Waals surface area contributed by atoms with Gasteiger partial charge in [-0.2, -0.15) is 0 Å². The molecule has 0 radical (unpaired) electrons. The second kappa shape index (κ2) is 8.47. The van der Waals surface area contributed by atoms with Crippen molar-refractivity contribution in [1.82, 2.24) is 10.3 Å². The van der Waals surface area contributed by atoms with Gasteiger partial charge in [0.2, 0.25) is 0 Å². The lowest BCUT2D eigenvalue weighted by molar-refractivity contribution is 0.0932. The quantitative estimate of drug-likeness (QED) is 0.648. The molecule has 5 nitrogen and oxygen atoms in total. The number of nitrogens with one attached hydrogen (secondary N) is 1. The minimum absolute atomic E-state index is 0.0294. The van der Waals surface area contributed by atoms with Gasteiger partial charge >= 0.3 is 0 Å². The molecular formula is C23H25FN2O3. The lowest BCUT2D eigenvalue weighted by Gasteiger charge is -2.19. The molecule has 1 N–H and O–H groups in total. The molecule has 0 saturated heterocycles. The van der Waals surface area contributed by atoms with Gasteiger partial charge in [0.25, 0.3) is 5.91 Å². The minimum Gasteiger partial charge on any atom is -0.497 e. The molecule has 152 valence electrons. The summed E-state index contributed by atoms with van der Waals surface area (Å²) < 4.78 is 24.6. The number of benzene rings is 2. The second-order valence-corrected chi connectivity index (χ2v) is 7.29. The fourth-order valence-corrected chi connectivity index (χ4v) is 2.99. The molecule has 3 aromatic rings. The minimum atomic E-state index is -0.417. The van der Waals surface area contributed by atoms with Gasteiger partial charge in [0.1, 0.15) is 17.3 Å². The molecule has 2 aromatic carbocycles. The largest absolute Gasteiger partial charge is 0.497 e. The van der Waals surface area contributed by atoms with Crippen molar-refractivity contribution in [1.29, 1.82) is 0 Å². The van der Waals surface area contributed by atoms with Crippen LogP contribution in [0.15, 0.2) is 42.5 Å². The van der Waals surface area contributed by atoms with Crippen LogP contribution in [-0.2, 0) is 0 Å². The summed E-state index contributed by atoms with van der Waals surface area (Å²) in [5, 5.41) is 3.46. The molecular weight excluding hydrogens is 371 g/mol. The number of rotatable bonds is 6. The summed E-state index contributed by atoms with van der Waals surface area (Å²) in [6, 6.07) is 11.3. The Labute approximate surface area is 169 Å². The summed E-state index contributed by atoms with van der Waals surface area (Å²) in [7, 11) is 3.14. The first-order valence-electron chi connectivity index (χ1n) is 9.47. The van der Waals surface area contributed by atoms with Gasteiger partial charge in [-0.3, -0.25) is 4.79 Å². The van der Waals surface area contributed by atoms with E-state index in [9.17, 15) is 9.18 Å². The third-order valence-corrected chi connectivity index (χ3v) is 5.06. The Morgan fingerprint density at radius 2 is 1.79 bits per heavy atom. The Morgan fingerprint density at radius 1 is 1.03 bits per heavy atom. The van der Waals surface area contributed by atoms with Gasteiger partial charge in [0.05, 0.1) is 31.0 Å². The molecule has 0 bridgehead atoms. The molecule has 1 heterocycles. The van der Waals surface area contributed by atoms with E-state index in [2.05, 4.69) is 10.3 Å². The molecule has 1 unspecified atom stereocenters. The lowest BCUT2D eigenvalue weighted by atomic mass is 10.0. The number of hydrogen-bond acceptors (Lipinski definition) is 4. The maximum atomic E-state index is 13.9. The van der Waals surface area contributed by atoms with E-state index >= 15 is 0 Å². The molecule has 1 atom stereocenters. The number of carbonyl (C=O) groups is 1. The Hall–Kier alpha value is -3.15. The molecule has 0 aliphatic carbocycles. The van der Waals surface area contributed by atoms with E-state index in [-0.39, 0.29) is 17.9 Å². The molecule has 1 aromatic heterocycles. The predicted octanol–water partition coefficient (Wildman–Crippen LogP) is 4.83. The summed E-state index contributed by atoms with van der Waals surface area (Å²) >= 11 is 0. The number of methoxy groups -OCH3 is 2. The predicted molar refractivity (Wildman–Crippen MR) is 112 cm³/mol. The van der Waals surface area contributed by atoms with Gasteiger partial charge < -0.3 is 14.8 Å². The van der Waals surface area contributed by atoms with E-state index in [0.717, 1.165) is 0 Å². The molecule has 0 aliphatic rings. The molecule has 0 aliphatic heterocycles. The lowest BCUT2D eigenvalue weighted by Crippen LogP contribution is -2.36. The van der Waals surface area contributed by atoms with Crippen LogP contribution < -0.4 is 14.8 Å². The Kier molecular flexibility index (Phi) is 6.01. The molecule has 0 saturated carbocycles. The zero-order valence-corrected chi connectivity index (χ0v) is 17.2. The van der Waals surface area contributed by atoms with E-state index in [1.165, 1.54) is 12.1 Å². The van der Waals surface area contributed by atoms with Crippen molar-refractivity contribution in [2.75, 3.05) is 14.2 Å². The van der Waals surface area contributed by atoms with Crippen LogP contribution in [-0.4, -0.2) is 31.2 Å². The number of carbonyl (C=O) groups excluding carboxylic acids is 1. The van der Waals surface area contributed by atoms with Crippen molar-refractivity contribution in [3.05, 3.63) is 53.8 Å². The molecule has 3 rings (SSSR count). The van der Waals surface area contributed by atoms with Gasteiger partial charge in [-0.05, 0) is 49.2 Å². The number of amides is 1. The van der Waals surface area contributed by atoms with E-state index in [0.29, 0.717) is 39.2 Å². The third-order valence-electron chi connectivity index (χ3n) is 5.06. The van der Waals surface area contributed by atoms with Crippen molar-refractivity contribution < 1.29 is 18.7 Å².